The number of benzene rings is 1. The normalized spacial score (nSPS) is 21.5. The molecule has 7 nitrogen and oxygen atoms in total. The van der Waals surface area contributed by atoms with Gasteiger partial charge in [0.2, 0.25) is 11.8 Å². The molecule has 1 aromatic carbocycles. The van der Waals surface area contributed by atoms with E-state index in [1.54, 1.807) is 9.80 Å². The van der Waals surface area contributed by atoms with Crippen LogP contribution in [-0.4, -0.2) is 64.8 Å². The lowest BCUT2D eigenvalue weighted by molar-refractivity contribution is -0.136. The number of carbonyl (C=O) groups excluding carboxylic acids is 2. The Balaban J connectivity index is 1.70. The fraction of sp³-hybridized carbons (Fsp3) is 0.524. The minimum Gasteiger partial charge on any atom is -0.326 e. The Hall–Kier alpha value is -2.90. The fourth-order valence-electron chi connectivity index (χ4n) is 3.97. The largest absolute Gasteiger partial charge is 0.326 e. The average Bonchev–Trinajstić information content (AvgIpc) is 3.37. The Kier molecular flexibility index (Phi) is 6.62. The Morgan fingerprint density at radius 1 is 0.929 bits per heavy atom. The van der Waals surface area contributed by atoms with Gasteiger partial charge in [-0.25, -0.2) is 0 Å². The fourth-order valence-corrected chi connectivity index (χ4v) is 3.97. The van der Waals surface area contributed by atoms with E-state index in [0.29, 0.717) is 32.5 Å². The van der Waals surface area contributed by atoms with Crippen molar-refractivity contribution in [2.75, 3.05) is 26.2 Å². The van der Waals surface area contributed by atoms with Gasteiger partial charge in [-0.15, -0.1) is 0 Å². The maximum Gasteiger partial charge on any atom is 0.237 e. The van der Waals surface area contributed by atoms with Crippen LogP contribution in [0.15, 0.2) is 30.3 Å². The Labute approximate surface area is 165 Å². The highest BCUT2D eigenvalue weighted by Crippen LogP contribution is 2.19. The summed E-state index contributed by atoms with van der Waals surface area (Å²) in [5.74, 6) is -0.239. The highest BCUT2D eigenvalue weighted by atomic mass is 16.2. The van der Waals surface area contributed by atoms with Gasteiger partial charge in [0.25, 0.3) is 0 Å². The zero-order valence-corrected chi connectivity index (χ0v) is 16.0. The Bertz CT molecular complexity index is 736. The predicted octanol–water partition coefficient (Wildman–Crippen LogP) is 1.52. The molecule has 0 aromatic heterocycles. The van der Waals surface area contributed by atoms with Crippen LogP contribution >= 0.6 is 0 Å². The van der Waals surface area contributed by atoms with Crippen molar-refractivity contribution < 1.29 is 9.59 Å². The molecule has 0 radical (unpaired) electrons. The third-order valence-electron chi connectivity index (χ3n) is 5.41. The SMILES string of the molecule is N#CC1CCCN1C(=O)CN(CC(=O)N1CCCC1C#N)Cc1ccccc1. The average molecular weight is 379 g/mol. The zero-order chi connectivity index (χ0) is 19.9. The number of nitriles is 2. The minimum atomic E-state index is -0.372. The molecular weight excluding hydrogens is 354 g/mol. The molecule has 0 aliphatic carbocycles. The monoisotopic (exact) mass is 379 g/mol. The third kappa shape index (κ3) is 4.68. The maximum atomic E-state index is 12.8. The van der Waals surface area contributed by atoms with E-state index in [2.05, 4.69) is 12.1 Å². The van der Waals surface area contributed by atoms with Gasteiger partial charge in [0.15, 0.2) is 0 Å². The first-order valence-corrected chi connectivity index (χ1v) is 9.77. The zero-order valence-electron chi connectivity index (χ0n) is 16.0. The first-order chi connectivity index (χ1) is 13.6. The number of nitrogens with zero attached hydrogens (tertiary/aromatic N) is 5. The van der Waals surface area contributed by atoms with Gasteiger partial charge in [0.05, 0.1) is 25.2 Å². The number of carbonyl (C=O) groups is 2. The lowest BCUT2D eigenvalue weighted by Gasteiger charge is -2.28. The van der Waals surface area contributed by atoms with Crippen molar-refractivity contribution in [2.24, 2.45) is 0 Å². The van der Waals surface area contributed by atoms with E-state index < -0.39 is 0 Å². The van der Waals surface area contributed by atoms with Crippen LogP contribution in [0.2, 0.25) is 0 Å². The van der Waals surface area contributed by atoms with Crippen molar-refractivity contribution in [3.8, 4) is 12.1 Å². The van der Waals surface area contributed by atoms with Crippen molar-refractivity contribution >= 4 is 11.8 Å². The number of likely N-dealkylation sites (tertiary alicyclic amines) is 2. The summed E-state index contributed by atoms with van der Waals surface area (Å²) >= 11 is 0. The van der Waals surface area contributed by atoms with Gasteiger partial charge in [-0.05, 0) is 31.2 Å². The number of hydrogen-bond acceptors (Lipinski definition) is 5. The molecule has 146 valence electrons. The van der Waals surface area contributed by atoms with E-state index >= 15 is 0 Å². The minimum absolute atomic E-state index is 0.0872. The second kappa shape index (κ2) is 9.34. The maximum absolute atomic E-state index is 12.8. The summed E-state index contributed by atoms with van der Waals surface area (Å²) in [6, 6.07) is 13.3. The summed E-state index contributed by atoms with van der Waals surface area (Å²) in [7, 11) is 0. The van der Waals surface area contributed by atoms with E-state index in [0.717, 1.165) is 18.4 Å². The van der Waals surface area contributed by atoms with E-state index in [4.69, 9.17) is 0 Å². The molecule has 0 spiro atoms. The lowest BCUT2D eigenvalue weighted by atomic mass is 10.2. The lowest BCUT2D eigenvalue weighted by Crippen LogP contribution is -2.46. The van der Waals surface area contributed by atoms with Crippen LogP contribution < -0.4 is 0 Å². The summed E-state index contributed by atoms with van der Waals surface area (Å²) in [5.41, 5.74) is 1.01. The molecule has 0 saturated carbocycles. The summed E-state index contributed by atoms with van der Waals surface area (Å²) in [6.07, 6.45) is 3.08. The van der Waals surface area contributed by atoms with Crippen molar-refractivity contribution in [1.29, 1.82) is 10.5 Å². The van der Waals surface area contributed by atoms with Gasteiger partial charge in [-0.3, -0.25) is 14.5 Å². The summed E-state index contributed by atoms with van der Waals surface area (Å²) in [5, 5.41) is 18.5. The van der Waals surface area contributed by atoms with Gasteiger partial charge < -0.3 is 9.80 Å². The van der Waals surface area contributed by atoms with Crippen molar-refractivity contribution in [3.63, 3.8) is 0 Å². The molecule has 2 aliphatic rings. The molecule has 2 unspecified atom stereocenters. The van der Waals surface area contributed by atoms with E-state index in [1.807, 2.05) is 35.2 Å². The summed E-state index contributed by atoms with van der Waals surface area (Å²) in [4.78, 5) is 30.7. The molecule has 7 heteroatoms. The standard InChI is InChI=1S/C21H25N5O2/c22-12-18-8-4-10-25(18)20(27)15-24(14-17-6-2-1-3-7-17)16-21(28)26-11-5-9-19(26)13-23/h1-3,6-7,18-19H,4-5,8-11,14-16H2. The molecule has 1 aromatic rings. The van der Waals surface area contributed by atoms with E-state index in [9.17, 15) is 20.1 Å². The first-order valence-electron chi connectivity index (χ1n) is 9.77. The molecule has 0 N–H and O–H groups in total. The molecule has 2 saturated heterocycles. The molecule has 2 heterocycles. The molecule has 3 rings (SSSR count). The van der Waals surface area contributed by atoms with Crippen LogP contribution in [0.5, 0.6) is 0 Å². The highest BCUT2D eigenvalue weighted by molar-refractivity contribution is 5.82. The topological polar surface area (TPSA) is 91.4 Å². The quantitative estimate of drug-likeness (QED) is 0.747. The molecule has 2 aliphatic heterocycles. The molecule has 0 bridgehead atoms. The number of hydrogen-bond donors (Lipinski definition) is 0. The van der Waals surface area contributed by atoms with Gasteiger partial charge in [-0.1, -0.05) is 30.3 Å². The highest BCUT2D eigenvalue weighted by Gasteiger charge is 2.32. The smallest absolute Gasteiger partial charge is 0.237 e. The predicted molar refractivity (Wildman–Crippen MR) is 102 cm³/mol. The second-order valence-electron chi connectivity index (χ2n) is 7.38. The number of rotatable bonds is 6. The summed E-state index contributed by atoms with van der Waals surface area (Å²) in [6.45, 7) is 1.82. The van der Waals surface area contributed by atoms with E-state index in [1.165, 1.54) is 0 Å². The van der Waals surface area contributed by atoms with Crippen molar-refractivity contribution in [2.45, 2.75) is 44.3 Å². The van der Waals surface area contributed by atoms with Gasteiger partial charge in [-0.2, -0.15) is 10.5 Å². The van der Waals surface area contributed by atoms with Crippen LogP contribution in [-0.2, 0) is 16.1 Å². The van der Waals surface area contributed by atoms with Crippen LogP contribution in [0.4, 0.5) is 0 Å². The number of amides is 2. The van der Waals surface area contributed by atoms with Crippen LogP contribution in [0.3, 0.4) is 0 Å². The second-order valence-corrected chi connectivity index (χ2v) is 7.38. The first kappa shape index (κ1) is 19.9. The van der Waals surface area contributed by atoms with Crippen molar-refractivity contribution in [1.82, 2.24) is 14.7 Å². The van der Waals surface area contributed by atoms with Crippen LogP contribution in [0.1, 0.15) is 31.2 Å². The molecular formula is C21H25N5O2. The molecule has 2 atom stereocenters. The van der Waals surface area contributed by atoms with Gasteiger partial charge >= 0.3 is 0 Å². The Morgan fingerprint density at radius 2 is 1.43 bits per heavy atom. The summed E-state index contributed by atoms with van der Waals surface area (Å²) < 4.78 is 0. The van der Waals surface area contributed by atoms with Crippen LogP contribution in [0.25, 0.3) is 0 Å². The molecule has 28 heavy (non-hydrogen) atoms. The third-order valence-corrected chi connectivity index (χ3v) is 5.41. The molecule has 2 fully saturated rings. The van der Waals surface area contributed by atoms with Crippen LogP contribution in [0, 0.1) is 22.7 Å². The Morgan fingerprint density at radius 3 is 1.89 bits per heavy atom. The van der Waals surface area contributed by atoms with E-state index in [-0.39, 0.29) is 37.0 Å². The van der Waals surface area contributed by atoms with Gasteiger partial charge in [0, 0.05) is 19.6 Å². The molecule has 2 amide bonds. The van der Waals surface area contributed by atoms with Crippen molar-refractivity contribution in [3.05, 3.63) is 35.9 Å². The van der Waals surface area contributed by atoms with Gasteiger partial charge in [0.1, 0.15) is 12.1 Å².